The van der Waals surface area contributed by atoms with E-state index in [1.807, 2.05) is 0 Å². The topological polar surface area (TPSA) is 351 Å². The second-order valence-corrected chi connectivity index (χ2v) is 34.1. The average molecular weight is 1350 g/mol. The van der Waals surface area contributed by atoms with Crippen molar-refractivity contribution in [1.29, 1.82) is 0 Å². The Hall–Kier alpha value is -0.180. The van der Waals surface area contributed by atoms with Crippen LogP contribution in [0.15, 0.2) is 11.6 Å². The molecule has 5 aliphatic carbocycles. The lowest BCUT2D eigenvalue weighted by molar-refractivity contribution is -0.205. The zero-order chi connectivity index (χ0) is 63.5. The minimum absolute atomic E-state index is 0.184. The largest absolute Gasteiger partial charge is 0.534 e. The van der Waals surface area contributed by atoms with Crippen LogP contribution < -0.4 is 0 Å². The first kappa shape index (κ1) is 76.3. The highest BCUT2D eigenvalue weighted by atomic mass is 31.2. The number of phosphoric ester groups is 7. The van der Waals surface area contributed by atoms with E-state index in [0.29, 0.717) is 5.41 Å². The molecule has 494 valence electrons. The molecule has 0 radical (unpaired) electrons. The van der Waals surface area contributed by atoms with Gasteiger partial charge in [0.15, 0.2) is 0 Å². The number of allylic oxidation sites excluding steroid dienone is 1. The Labute approximate surface area is 494 Å². The highest BCUT2D eigenvalue weighted by Gasteiger charge is 2.65. The Morgan fingerprint density at radius 2 is 0.905 bits per heavy atom. The van der Waals surface area contributed by atoms with Gasteiger partial charge in [-0.05, 0) is 91.3 Å². The molecule has 13 atom stereocenters. The summed E-state index contributed by atoms with van der Waals surface area (Å²) in [5, 5.41) is 0. The SMILES string of the molecule is COP(=O)(O)OC1C(OP(=O)(OC)OC)C(OP(=O)(OC)OC)C(OP(=O)(OC)OC)C(OP(=O)(OC)OC)C1OP(=O)(OC)OC.COP(=O)(OC)OC(=O)O[C@H]1CCC2(C)C(=CCC3C2CCC2(C)C3CCC2[C@@H](C)CCCC(C)C)C1. The van der Waals surface area contributed by atoms with E-state index in [0.717, 1.165) is 139 Å². The van der Waals surface area contributed by atoms with E-state index in [2.05, 4.69) is 45.2 Å². The number of hydrogen-bond donors (Lipinski definition) is 1. The molecule has 0 aromatic heterocycles. The number of hydrogen-bond acceptors (Lipinski definition) is 29. The standard InChI is InChI=1S/C30H51O6P.C17H40O24P6/c1-20(2)9-8-10-21(3)25-13-14-26-24-12-11-22-19-23(35-28(31)36-37(32,33-6)34-7)15-17-29(22,4)27(24)16-18-30(25,26)5;1-25-42(18,19)36-12-13(37-43(20,26-2)27-3)15(39-45(22,30-6)31-7)17(41-47(24,34-10)35-11)16(40-46(23,32-8)33-9)14(12)38-44(21,28-4)29-5/h11,20-21,23-27H,8-10,12-19H2,1-7H3;12-17H,1-11H3,(H,18,19)/t21-,23-,24?,25?,26?,27?,29?,30?;/m0./s1. The van der Waals surface area contributed by atoms with Gasteiger partial charge in [0.05, 0.1) is 0 Å². The predicted octanol–water partition coefficient (Wildman–Crippen LogP) is 13.0. The molecule has 30 nitrogen and oxygen atoms in total. The number of ether oxygens (including phenoxy) is 1. The molecule has 0 saturated heterocycles. The van der Waals surface area contributed by atoms with Crippen LogP contribution in [-0.4, -0.2) is 146 Å². The lowest BCUT2D eigenvalue weighted by Gasteiger charge is -2.58. The van der Waals surface area contributed by atoms with Crippen molar-refractivity contribution in [2.45, 2.75) is 148 Å². The fourth-order valence-electron chi connectivity index (χ4n) is 12.7. The molecule has 4 saturated carbocycles. The van der Waals surface area contributed by atoms with E-state index in [1.165, 1.54) is 64.7 Å². The van der Waals surface area contributed by atoms with Gasteiger partial charge in [0, 0.05) is 98.8 Å². The average Bonchev–Trinajstić information content (AvgIpc) is 3.70. The summed E-state index contributed by atoms with van der Waals surface area (Å²) in [5.74, 6) is 4.83. The van der Waals surface area contributed by atoms with Crippen LogP contribution >= 0.6 is 54.8 Å². The first-order chi connectivity index (χ1) is 39.2. The number of rotatable bonds is 32. The van der Waals surface area contributed by atoms with Gasteiger partial charge in [-0.15, -0.1) is 0 Å². The summed E-state index contributed by atoms with van der Waals surface area (Å²) < 4.78 is 198. The first-order valence-corrected chi connectivity index (χ1v) is 37.3. The molecule has 0 spiro atoms. The van der Waals surface area contributed by atoms with Gasteiger partial charge in [0.2, 0.25) is 0 Å². The molecule has 84 heavy (non-hydrogen) atoms. The molecule has 4 fully saturated rings. The maximum Gasteiger partial charge on any atom is 0.534 e. The van der Waals surface area contributed by atoms with Crippen LogP contribution in [0.5, 0.6) is 0 Å². The van der Waals surface area contributed by atoms with Crippen molar-refractivity contribution in [2.24, 2.45) is 46.3 Å². The summed E-state index contributed by atoms with van der Waals surface area (Å²) in [6, 6.07) is 0. The third-order valence-corrected chi connectivity index (χ3v) is 26.3. The summed E-state index contributed by atoms with van der Waals surface area (Å²) in [6.07, 6.45) is 0.577. The molecule has 5 aliphatic rings. The van der Waals surface area contributed by atoms with Gasteiger partial charge < -0.3 is 14.2 Å². The Kier molecular flexibility index (Phi) is 29.0. The maximum atomic E-state index is 13.4. The Bertz CT molecular complexity index is 2410. The van der Waals surface area contributed by atoms with Crippen molar-refractivity contribution >= 4 is 60.9 Å². The molecule has 0 bridgehead atoms. The van der Waals surface area contributed by atoms with Crippen molar-refractivity contribution in [3.05, 3.63) is 11.6 Å². The monoisotopic (exact) mass is 1350 g/mol. The molecule has 0 amide bonds. The van der Waals surface area contributed by atoms with Crippen molar-refractivity contribution in [3.63, 3.8) is 0 Å². The molecule has 0 aromatic carbocycles. The van der Waals surface area contributed by atoms with Gasteiger partial charge in [0.25, 0.3) is 0 Å². The molecule has 0 aliphatic heterocycles. The van der Waals surface area contributed by atoms with Crippen molar-refractivity contribution in [2.75, 3.05) is 92.4 Å². The Morgan fingerprint density at radius 3 is 1.27 bits per heavy atom. The highest BCUT2D eigenvalue weighted by Crippen LogP contribution is 2.69. The third-order valence-electron chi connectivity index (χ3n) is 17.1. The van der Waals surface area contributed by atoms with Crippen LogP contribution in [0.2, 0.25) is 0 Å². The zero-order valence-corrected chi connectivity index (χ0v) is 57.5. The molecule has 11 unspecified atom stereocenters. The summed E-state index contributed by atoms with van der Waals surface area (Å²) in [5.41, 5.74) is 2.11. The molecule has 5 rings (SSSR count). The quantitative estimate of drug-likeness (QED) is 0.0371. The van der Waals surface area contributed by atoms with Crippen molar-refractivity contribution in [1.82, 2.24) is 0 Å². The van der Waals surface area contributed by atoms with E-state index < -0.39 is 97.5 Å². The predicted molar refractivity (Wildman–Crippen MR) is 300 cm³/mol. The van der Waals surface area contributed by atoms with Crippen molar-refractivity contribution < 1.29 is 137 Å². The van der Waals surface area contributed by atoms with Gasteiger partial charge in [0.1, 0.15) is 42.7 Å². The number of fused-ring (bicyclic) bond motifs is 5. The van der Waals surface area contributed by atoms with Gasteiger partial charge >= 0.3 is 60.9 Å². The van der Waals surface area contributed by atoms with E-state index in [9.17, 15) is 41.6 Å². The fraction of sp³-hybridized carbons (Fsp3) is 0.936. The summed E-state index contributed by atoms with van der Waals surface area (Å²) in [7, 11) is -21.4. The maximum absolute atomic E-state index is 13.4. The second kappa shape index (κ2) is 31.9. The molecular weight excluding hydrogens is 1260 g/mol. The first-order valence-electron chi connectivity index (χ1n) is 27.1. The second-order valence-electron chi connectivity index (χ2n) is 21.6. The van der Waals surface area contributed by atoms with Gasteiger partial charge in [-0.3, -0.25) is 86.0 Å². The molecule has 37 heteroatoms. The summed E-state index contributed by atoms with van der Waals surface area (Å²) in [4.78, 5) is 22.7. The third kappa shape index (κ3) is 18.5. The minimum atomic E-state index is -5.26. The lowest BCUT2D eigenvalue weighted by atomic mass is 9.47. The molecule has 1 N–H and O–H groups in total. The van der Waals surface area contributed by atoms with Crippen LogP contribution in [0, 0.1) is 46.3 Å². The van der Waals surface area contributed by atoms with E-state index in [-0.39, 0.29) is 11.5 Å². The van der Waals surface area contributed by atoms with E-state index in [1.54, 1.807) is 0 Å². The lowest BCUT2D eigenvalue weighted by Crippen LogP contribution is -2.66. The normalized spacial score (nSPS) is 31.6. The molecule has 0 aromatic rings. The summed E-state index contributed by atoms with van der Waals surface area (Å²) >= 11 is 0. The van der Waals surface area contributed by atoms with Gasteiger partial charge in [-0.25, -0.2) is 36.7 Å². The smallest absolute Gasteiger partial charge is 0.430 e. The van der Waals surface area contributed by atoms with Crippen molar-refractivity contribution in [3.8, 4) is 0 Å². The van der Waals surface area contributed by atoms with Crippen LogP contribution in [0.4, 0.5) is 4.79 Å². The van der Waals surface area contributed by atoms with Crippen LogP contribution in [0.25, 0.3) is 0 Å². The van der Waals surface area contributed by atoms with Gasteiger partial charge in [-0.1, -0.05) is 65.5 Å². The number of carbonyl (C=O) groups is 1. The Morgan fingerprint density at radius 1 is 0.512 bits per heavy atom. The molecule has 0 heterocycles. The Balaban J connectivity index is 0.000000369. The van der Waals surface area contributed by atoms with E-state index in [4.69, 9.17) is 90.7 Å². The zero-order valence-electron chi connectivity index (χ0n) is 51.3. The highest BCUT2D eigenvalue weighted by molar-refractivity contribution is 7.50. The van der Waals surface area contributed by atoms with Crippen LogP contribution in [0.3, 0.4) is 0 Å². The number of carbonyl (C=O) groups excluding carboxylic acids is 1. The summed E-state index contributed by atoms with van der Waals surface area (Å²) in [6.45, 7) is 12.3. The molecular formula is C47H91O30P7. The van der Waals surface area contributed by atoms with Crippen LogP contribution in [0.1, 0.15) is 105 Å². The minimum Gasteiger partial charge on any atom is -0.430 e. The van der Waals surface area contributed by atoms with Gasteiger partial charge in [-0.2, -0.15) is 0 Å². The fourth-order valence-corrected chi connectivity index (χ4v) is 18.2. The van der Waals surface area contributed by atoms with E-state index >= 15 is 0 Å². The van der Waals surface area contributed by atoms with Crippen LogP contribution in [-0.2, 0) is 127 Å². The number of phosphoric acid groups is 7.